The van der Waals surface area contributed by atoms with Crippen molar-refractivity contribution >= 4 is 17.4 Å². The van der Waals surface area contributed by atoms with Crippen molar-refractivity contribution < 1.29 is 18.0 Å². The summed E-state index contributed by atoms with van der Waals surface area (Å²) < 4.78 is 41.4. The molecule has 0 bridgehead atoms. The molecule has 0 aliphatic carbocycles. The molecular weight excluding hydrogens is 525 g/mol. The van der Waals surface area contributed by atoms with Crippen molar-refractivity contribution in [2.75, 3.05) is 49.1 Å². The van der Waals surface area contributed by atoms with E-state index >= 15 is 0 Å². The van der Waals surface area contributed by atoms with Gasteiger partial charge in [-0.3, -0.25) is 9.59 Å². The first-order valence-electron chi connectivity index (χ1n) is 12.8. The van der Waals surface area contributed by atoms with Gasteiger partial charge in [0.1, 0.15) is 17.5 Å². The molecule has 0 spiro atoms. The van der Waals surface area contributed by atoms with Gasteiger partial charge in [-0.15, -0.1) is 0 Å². The van der Waals surface area contributed by atoms with Crippen molar-refractivity contribution in [3.8, 4) is 6.07 Å². The third-order valence-corrected chi connectivity index (χ3v) is 7.26. The number of nitrogens with one attached hydrogen (secondary N) is 2. The molecule has 1 amide bonds. The number of aromatic nitrogens is 3. The fourth-order valence-corrected chi connectivity index (χ4v) is 5.28. The van der Waals surface area contributed by atoms with Crippen LogP contribution in [0.5, 0.6) is 0 Å². The maximum absolute atomic E-state index is 13.8. The standard InChI is InChI=1S/C27H27F3N8O2/c28-27(29,30)25-22(15-34-35-26(25)40)38-17-19-3-1-2-4-20(19)21(38)7-8-32-16-24(39)37-11-9-36(10-12-37)23-6-5-18(13-31)14-33-23/h1-6,14-15,21,32H,7-12,16-17H2,(H,35,40)/t21-/m1/s1. The van der Waals surface area contributed by atoms with Crippen LogP contribution in [0.2, 0.25) is 0 Å². The Kier molecular flexibility index (Phi) is 7.70. The fourth-order valence-electron chi connectivity index (χ4n) is 5.28. The van der Waals surface area contributed by atoms with Crippen LogP contribution in [0.15, 0.2) is 53.6 Å². The van der Waals surface area contributed by atoms with Crippen LogP contribution in [0, 0.1) is 11.3 Å². The Morgan fingerprint density at radius 1 is 1.12 bits per heavy atom. The summed E-state index contributed by atoms with van der Waals surface area (Å²) >= 11 is 0. The predicted octanol–water partition coefficient (Wildman–Crippen LogP) is 2.45. The number of pyridine rings is 1. The van der Waals surface area contributed by atoms with Gasteiger partial charge < -0.3 is 20.0 Å². The third-order valence-electron chi connectivity index (χ3n) is 7.26. The Labute approximate surface area is 228 Å². The van der Waals surface area contributed by atoms with Crippen molar-refractivity contribution in [1.82, 2.24) is 25.4 Å². The number of fused-ring (bicyclic) bond motifs is 1. The number of carbonyl (C=O) groups is 1. The number of hydrogen-bond acceptors (Lipinski definition) is 8. The summed E-state index contributed by atoms with van der Waals surface area (Å²) in [7, 11) is 0. The van der Waals surface area contributed by atoms with Gasteiger partial charge in [-0.05, 0) is 36.2 Å². The summed E-state index contributed by atoms with van der Waals surface area (Å²) in [6, 6.07) is 12.5. The van der Waals surface area contributed by atoms with Crippen LogP contribution in [0.3, 0.4) is 0 Å². The molecule has 2 aliphatic rings. The van der Waals surface area contributed by atoms with Crippen molar-refractivity contribution in [2.45, 2.75) is 25.2 Å². The lowest BCUT2D eigenvalue weighted by molar-refractivity contribution is -0.138. The van der Waals surface area contributed by atoms with Crippen LogP contribution in [0.1, 0.15) is 34.7 Å². The highest BCUT2D eigenvalue weighted by Gasteiger charge is 2.41. The number of amides is 1. The van der Waals surface area contributed by atoms with Crippen molar-refractivity contribution in [3.63, 3.8) is 0 Å². The third kappa shape index (κ3) is 5.62. The number of nitrogens with zero attached hydrogens (tertiary/aromatic N) is 6. The molecule has 1 atom stereocenters. The number of aromatic amines is 1. The molecule has 4 heterocycles. The van der Waals surface area contributed by atoms with Crippen molar-refractivity contribution in [1.29, 1.82) is 5.26 Å². The van der Waals surface area contributed by atoms with Gasteiger partial charge in [0, 0.05) is 38.9 Å². The van der Waals surface area contributed by atoms with E-state index in [9.17, 15) is 22.8 Å². The lowest BCUT2D eigenvalue weighted by Gasteiger charge is -2.35. The van der Waals surface area contributed by atoms with Gasteiger partial charge in [-0.1, -0.05) is 24.3 Å². The number of hydrogen-bond donors (Lipinski definition) is 2. The first-order valence-corrected chi connectivity index (χ1v) is 12.8. The van der Waals surface area contributed by atoms with E-state index in [2.05, 4.69) is 20.3 Å². The Morgan fingerprint density at radius 2 is 1.90 bits per heavy atom. The molecule has 13 heteroatoms. The number of benzene rings is 1. The average Bonchev–Trinajstić information content (AvgIpc) is 3.33. The van der Waals surface area contributed by atoms with Crippen LogP contribution in [-0.4, -0.2) is 65.3 Å². The van der Waals surface area contributed by atoms with Gasteiger partial charge >= 0.3 is 6.18 Å². The monoisotopic (exact) mass is 552 g/mol. The minimum absolute atomic E-state index is 0.0609. The predicted molar refractivity (Wildman–Crippen MR) is 140 cm³/mol. The SMILES string of the molecule is N#Cc1ccc(N2CCN(C(=O)CNCC[C@@H]3c4ccccc4CN3c3cn[nH]c(=O)c3C(F)(F)F)CC2)nc1. The first-order chi connectivity index (χ1) is 19.3. The average molecular weight is 553 g/mol. The molecule has 2 aromatic heterocycles. The molecular formula is C27H27F3N8O2. The normalized spacial score (nSPS) is 17.1. The van der Waals surface area contributed by atoms with E-state index in [0.717, 1.165) is 23.1 Å². The van der Waals surface area contributed by atoms with E-state index in [1.54, 1.807) is 21.9 Å². The zero-order valence-corrected chi connectivity index (χ0v) is 21.5. The van der Waals surface area contributed by atoms with Gasteiger partial charge in [-0.2, -0.15) is 23.5 Å². The second-order valence-electron chi connectivity index (χ2n) is 9.65. The Hall–Kier alpha value is -4.44. The van der Waals surface area contributed by atoms with Crippen LogP contribution >= 0.6 is 0 Å². The minimum Gasteiger partial charge on any atom is -0.358 e. The molecule has 208 valence electrons. The lowest BCUT2D eigenvalue weighted by Crippen LogP contribution is -2.51. The molecule has 0 unspecified atom stereocenters. The highest BCUT2D eigenvalue weighted by atomic mass is 19.4. The molecule has 40 heavy (non-hydrogen) atoms. The number of piperazine rings is 1. The van der Waals surface area contributed by atoms with E-state index in [1.807, 2.05) is 35.4 Å². The largest absolute Gasteiger partial charge is 0.423 e. The smallest absolute Gasteiger partial charge is 0.358 e. The lowest BCUT2D eigenvalue weighted by atomic mass is 10.0. The molecule has 3 aromatic rings. The zero-order chi connectivity index (χ0) is 28.3. The molecule has 0 saturated carbocycles. The van der Waals surface area contributed by atoms with E-state index < -0.39 is 23.3 Å². The number of halogens is 3. The number of nitriles is 1. The molecule has 5 rings (SSSR count). The Bertz CT molecular complexity index is 1460. The summed E-state index contributed by atoms with van der Waals surface area (Å²) in [4.78, 5) is 34.6. The Morgan fingerprint density at radius 3 is 2.60 bits per heavy atom. The first kappa shape index (κ1) is 27.1. The second kappa shape index (κ2) is 11.4. The van der Waals surface area contributed by atoms with Gasteiger partial charge in [0.2, 0.25) is 5.91 Å². The topological polar surface area (TPSA) is 121 Å². The molecule has 1 saturated heterocycles. The Balaban J connectivity index is 1.18. The summed E-state index contributed by atoms with van der Waals surface area (Å²) in [5, 5.41) is 17.6. The summed E-state index contributed by atoms with van der Waals surface area (Å²) in [6.07, 6.45) is -1.84. The van der Waals surface area contributed by atoms with Gasteiger partial charge in [0.05, 0.1) is 30.0 Å². The van der Waals surface area contributed by atoms with Gasteiger partial charge in [0.25, 0.3) is 5.56 Å². The fraction of sp³-hybridized carbons (Fsp3) is 0.370. The summed E-state index contributed by atoms with van der Waals surface area (Å²) in [5.41, 5.74) is -0.550. The molecule has 10 nitrogen and oxygen atoms in total. The maximum atomic E-state index is 13.8. The van der Waals surface area contributed by atoms with Crippen LogP contribution in [-0.2, 0) is 17.5 Å². The van der Waals surface area contributed by atoms with E-state index in [-0.39, 0.29) is 24.7 Å². The highest BCUT2D eigenvalue weighted by Crippen LogP contribution is 2.43. The summed E-state index contributed by atoms with van der Waals surface area (Å²) in [6.45, 7) is 2.99. The zero-order valence-electron chi connectivity index (χ0n) is 21.5. The van der Waals surface area contributed by atoms with Gasteiger partial charge in [0.15, 0.2) is 0 Å². The second-order valence-corrected chi connectivity index (χ2v) is 9.65. The van der Waals surface area contributed by atoms with Crippen LogP contribution in [0.4, 0.5) is 24.7 Å². The van der Waals surface area contributed by atoms with E-state index in [1.165, 1.54) is 6.20 Å². The van der Waals surface area contributed by atoms with Crippen LogP contribution < -0.4 is 20.7 Å². The molecule has 2 aliphatic heterocycles. The number of anilines is 2. The molecule has 1 aromatic carbocycles. The van der Waals surface area contributed by atoms with E-state index in [4.69, 9.17) is 5.26 Å². The highest BCUT2D eigenvalue weighted by molar-refractivity contribution is 5.78. The number of carbonyl (C=O) groups excluding carboxylic acids is 1. The molecule has 0 radical (unpaired) electrons. The minimum atomic E-state index is -4.84. The summed E-state index contributed by atoms with van der Waals surface area (Å²) in [5.74, 6) is 0.698. The van der Waals surface area contributed by atoms with Crippen molar-refractivity contribution in [3.05, 3.63) is 81.4 Å². The quantitative estimate of drug-likeness (QED) is 0.429. The maximum Gasteiger partial charge on any atom is 0.423 e. The van der Waals surface area contributed by atoms with Crippen LogP contribution in [0.25, 0.3) is 0 Å². The van der Waals surface area contributed by atoms with Gasteiger partial charge in [-0.25, -0.2) is 10.1 Å². The van der Waals surface area contributed by atoms with Crippen molar-refractivity contribution in [2.24, 2.45) is 0 Å². The van der Waals surface area contributed by atoms with E-state index in [0.29, 0.717) is 44.7 Å². The number of alkyl halides is 3. The molecule has 2 N–H and O–H groups in total. The molecule has 1 fully saturated rings. The number of H-pyrrole nitrogens is 1. The number of rotatable bonds is 7.